The summed E-state index contributed by atoms with van der Waals surface area (Å²) in [5.41, 5.74) is 1.49. The first-order valence-corrected chi connectivity index (χ1v) is 6.08. The van der Waals surface area contributed by atoms with Crippen LogP contribution in [0.15, 0.2) is 30.3 Å². The molecule has 2 nitrogen and oxygen atoms in total. The fourth-order valence-electron chi connectivity index (χ4n) is 2.56. The predicted octanol–water partition coefficient (Wildman–Crippen LogP) is 2.41. The van der Waals surface area contributed by atoms with Gasteiger partial charge in [-0.3, -0.25) is 0 Å². The van der Waals surface area contributed by atoms with Gasteiger partial charge in [-0.2, -0.15) is 0 Å². The minimum absolute atomic E-state index is 0.602. The average molecular weight is 219 g/mol. The molecular formula is C14H21NO. The van der Waals surface area contributed by atoms with E-state index < -0.39 is 0 Å². The SMILES string of the molecule is CNC(CCOC)C1CC1c1ccccc1. The molecule has 1 aromatic rings. The van der Waals surface area contributed by atoms with Gasteiger partial charge in [-0.25, -0.2) is 0 Å². The monoisotopic (exact) mass is 219 g/mol. The molecule has 2 rings (SSSR count). The second-order valence-corrected chi connectivity index (χ2v) is 4.59. The minimum Gasteiger partial charge on any atom is -0.385 e. The molecule has 0 heterocycles. The van der Waals surface area contributed by atoms with Crippen LogP contribution in [0.1, 0.15) is 24.3 Å². The van der Waals surface area contributed by atoms with Crippen molar-refractivity contribution in [1.82, 2.24) is 5.32 Å². The van der Waals surface area contributed by atoms with Crippen molar-refractivity contribution in [3.8, 4) is 0 Å². The summed E-state index contributed by atoms with van der Waals surface area (Å²) in [6.07, 6.45) is 2.43. The highest BCUT2D eigenvalue weighted by Crippen LogP contribution is 2.49. The van der Waals surface area contributed by atoms with Gasteiger partial charge in [0.1, 0.15) is 0 Å². The molecule has 88 valence electrons. The largest absolute Gasteiger partial charge is 0.385 e. The summed E-state index contributed by atoms with van der Waals surface area (Å²) in [6, 6.07) is 11.4. The van der Waals surface area contributed by atoms with E-state index in [0.717, 1.165) is 24.9 Å². The van der Waals surface area contributed by atoms with Gasteiger partial charge in [-0.15, -0.1) is 0 Å². The number of benzene rings is 1. The third-order valence-electron chi connectivity index (χ3n) is 3.59. The summed E-state index contributed by atoms with van der Waals surface area (Å²) in [5.74, 6) is 1.55. The van der Waals surface area contributed by atoms with Crippen molar-refractivity contribution < 1.29 is 4.74 Å². The lowest BCUT2D eigenvalue weighted by molar-refractivity contribution is 0.180. The summed E-state index contributed by atoms with van der Waals surface area (Å²) in [6.45, 7) is 0.851. The van der Waals surface area contributed by atoms with E-state index in [1.54, 1.807) is 7.11 Å². The molecule has 0 aromatic heterocycles. The molecule has 1 aliphatic rings. The Kier molecular flexibility index (Phi) is 3.97. The number of rotatable bonds is 6. The second-order valence-electron chi connectivity index (χ2n) is 4.59. The van der Waals surface area contributed by atoms with Crippen LogP contribution in [0.25, 0.3) is 0 Å². The third-order valence-corrected chi connectivity index (χ3v) is 3.59. The van der Waals surface area contributed by atoms with Crippen LogP contribution in [0, 0.1) is 5.92 Å². The van der Waals surface area contributed by atoms with Crippen molar-refractivity contribution in [2.75, 3.05) is 20.8 Å². The van der Waals surface area contributed by atoms with Gasteiger partial charge in [-0.05, 0) is 37.3 Å². The molecule has 0 bridgehead atoms. The fourth-order valence-corrected chi connectivity index (χ4v) is 2.56. The molecule has 1 fully saturated rings. The smallest absolute Gasteiger partial charge is 0.0477 e. The Morgan fingerprint density at radius 2 is 2.12 bits per heavy atom. The standard InChI is InChI=1S/C14H21NO/c1-15-14(8-9-16-2)13-10-12(13)11-6-4-3-5-7-11/h3-7,12-15H,8-10H2,1-2H3. The van der Waals surface area contributed by atoms with Gasteiger partial charge in [0.05, 0.1) is 0 Å². The number of hydrogen-bond donors (Lipinski definition) is 1. The van der Waals surface area contributed by atoms with Crippen LogP contribution in [0.3, 0.4) is 0 Å². The topological polar surface area (TPSA) is 21.3 Å². The van der Waals surface area contributed by atoms with Crippen LogP contribution in [0.5, 0.6) is 0 Å². The first-order valence-electron chi connectivity index (χ1n) is 6.08. The number of hydrogen-bond acceptors (Lipinski definition) is 2. The maximum atomic E-state index is 5.15. The Morgan fingerprint density at radius 1 is 1.38 bits per heavy atom. The van der Waals surface area contributed by atoms with Gasteiger partial charge in [-0.1, -0.05) is 30.3 Å². The molecule has 1 saturated carbocycles. The van der Waals surface area contributed by atoms with Crippen LogP contribution in [-0.2, 0) is 4.74 Å². The van der Waals surface area contributed by atoms with Crippen molar-refractivity contribution in [2.24, 2.45) is 5.92 Å². The third kappa shape index (κ3) is 2.63. The van der Waals surface area contributed by atoms with E-state index in [2.05, 4.69) is 42.7 Å². The molecule has 0 spiro atoms. The first-order chi connectivity index (χ1) is 7.86. The van der Waals surface area contributed by atoms with E-state index in [4.69, 9.17) is 4.74 Å². The molecular weight excluding hydrogens is 198 g/mol. The van der Waals surface area contributed by atoms with E-state index in [1.165, 1.54) is 12.0 Å². The fraction of sp³-hybridized carbons (Fsp3) is 0.571. The van der Waals surface area contributed by atoms with Crippen LogP contribution >= 0.6 is 0 Å². The Balaban J connectivity index is 1.89. The van der Waals surface area contributed by atoms with Crippen LogP contribution in [-0.4, -0.2) is 26.8 Å². The number of methoxy groups -OCH3 is 1. The summed E-state index contributed by atoms with van der Waals surface area (Å²) in [5, 5.41) is 3.42. The molecule has 1 aromatic carbocycles. The molecule has 0 amide bonds. The predicted molar refractivity (Wildman–Crippen MR) is 66.6 cm³/mol. The number of nitrogens with one attached hydrogen (secondary N) is 1. The Labute approximate surface area is 98.0 Å². The molecule has 16 heavy (non-hydrogen) atoms. The van der Waals surface area contributed by atoms with Crippen LogP contribution < -0.4 is 5.32 Å². The molecule has 0 saturated heterocycles. The molecule has 2 heteroatoms. The van der Waals surface area contributed by atoms with Crippen molar-refractivity contribution >= 4 is 0 Å². The normalized spacial score (nSPS) is 25.4. The molecule has 1 N–H and O–H groups in total. The lowest BCUT2D eigenvalue weighted by Crippen LogP contribution is -2.29. The number of ether oxygens (including phenoxy) is 1. The highest BCUT2D eigenvalue weighted by molar-refractivity contribution is 5.26. The first kappa shape index (κ1) is 11.6. The average Bonchev–Trinajstić information content (AvgIpc) is 3.12. The van der Waals surface area contributed by atoms with E-state index in [0.29, 0.717) is 6.04 Å². The molecule has 3 unspecified atom stereocenters. The molecule has 1 aliphatic carbocycles. The maximum Gasteiger partial charge on any atom is 0.0477 e. The summed E-state index contributed by atoms with van der Waals surface area (Å²) in [7, 11) is 3.83. The van der Waals surface area contributed by atoms with Gasteiger partial charge in [0.15, 0.2) is 0 Å². The van der Waals surface area contributed by atoms with Crippen molar-refractivity contribution in [3.05, 3.63) is 35.9 Å². The van der Waals surface area contributed by atoms with E-state index in [1.807, 2.05) is 0 Å². The highest BCUT2D eigenvalue weighted by atomic mass is 16.5. The van der Waals surface area contributed by atoms with Crippen LogP contribution in [0.2, 0.25) is 0 Å². The summed E-state index contributed by atoms with van der Waals surface area (Å²) >= 11 is 0. The maximum absolute atomic E-state index is 5.15. The van der Waals surface area contributed by atoms with Gasteiger partial charge in [0.2, 0.25) is 0 Å². The van der Waals surface area contributed by atoms with E-state index in [9.17, 15) is 0 Å². The quantitative estimate of drug-likeness (QED) is 0.793. The second kappa shape index (κ2) is 5.46. The van der Waals surface area contributed by atoms with Crippen LogP contribution in [0.4, 0.5) is 0 Å². The van der Waals surface area contributed by atoms with E-state index in [-0.39, 0.29) is 0 Å². The Hall–Kier alpha value is -0.860. The zero-order valence-electron chi connectivity index (χ0n) is 10.1. The van der Waals surface area contributed by atoms with Crippen molar-refractivity contribution in [1.29, 1.82) is 0 Å². The van der Waals surface area contributed by atoms with Gasteiger partial charge < -0.3 is 10.1 Å². The van der Waals surface area contributed by atoms with Gasteiger partial charge >= 0.3 is 0 Å². The summed E-state index contributed by atoms with van der Waals surface area (Å²) < 4.78 is 5.15. The zero-order valence-corrected chi connectivity index (χ0v) is 10.1. The molecule has 0 aliphatic heterocycles. The minimum atomic E-state index is 0.602. The lowest BCUT2D eigenvalue weighted by Gasteiger charge is -2.15. The molecule has 0 radical (unpaired) electrons. The zero-order chi connectivity index (χ0) is 11.4. The summed E-state index contributed by atoms with van der Waals surface area (Å²) in [4.78, 5) is 0. The Bertz CT molecular complexity index is 312. The van der Waals surface area contributed by atoms with E-state index >= 15 is 0 Å². The Morgan fingerprint density at radius 3 is 2.75 bits per heavy atom. The van der Waals surface area contributed by atoms with Gasteiger partial charge in [0.25, 0.3) is 0 Å². The van der Waals surface area contributed by atoms with Crippen molar-refractivity contribution in [3.63, 3.8) is 0 Å². The molecule has 3 atom stereocenters. The van der Waals surface area contributed by atoms with Crippen molar-refractivity contribution in [2.45, 2.75) is 24.8 Å². The van der Waals surface area contributed by atoms with Gasteiger partial charge in [0, 0.05) is 19.8 Å². The lowest BCUT2D eigenvalue weighted by atomic mass is 10.0. The highest BCUT2D eigenvalue weighted by Gasteiger charge is 2.42.